The summed E-state index contributed by atoms with van der Waals surface area (Å²) in [5, 5.41) is 16.6. The van der Waals surface area contributed by atoms with E-state index in [1.807, 2.05) is 54.6 Å². The monoisotopic (exact) mass is 450 g/mol. The molecule has 0 bridgehead atoms. The van der Waals surface area contributed by atoms with E-state index in [0.29, 0.717) is 32.2 Å². The molecule has 174 valence electrons. The van der Waals surface area contributed by atoms with Crippen molar-refractivity contribution < 1.29 is 19.4 Å². The minimum atomic E-state index is -0.558. The van der Waals surface area contributed by atoms with Crippen molar-refractivity contribution in [2.24, 2.45) is 5.92 Å². The number of nitrogens with zero attached hydrogens (tertiary/aromatic N) is 2. The Kier molecular flexibility index (Phi) is 6.59. The molecule has 0 saturated carbocycles. The van der Waals surface area contributed by atoms with Gasteiger partial charge in [-0.15, -0.1) is 0 Å². The molecule has 8 heteroatoms. The van der Waals surface area contributed by atoms with Crippen LogP contribution in [-0.2, 0) is 9.53 Å². The molecule has 3 aliphatic rings. The van der Waals surface area contributed by atoms with E-state index in [9.17, 15) is 9.90 Å². The Morgan fingerprint density at radius 2 is 1.85 bits per heavy atom. The number of carbonyl (C=O) groups is 1. The molecule has 3 N–H and O–H groups in total. The van der Waals surface area contributed by atoms with Crippen molar-refractivity contribution in [1.29, 1.82) is 0 Å². The van der Waals surface area contributed by atoms with E-state index in [4.69, 9.17) is 9.47 Å². The second-order valence-corrected chi connectivity index (χ2v) is 8.57. The van der Waals surface area contributed by atoms with Gasteiger partial charge in [0.15, 0.2) is 0 Å². The number of benzene rings is 2. The summed E-state index contributed by atoms with van der Waals surface area (Å²) < 4.78 is 11.2. The fourth-order valence-corrected chi connectivity index (χ4v) is 4.65. The summed E-state index contributed by atoms with van der Waals surface area (Å²) >= 11 is 0. The van der Waals surface area contributed by atoms with E-state index in [-0.39, 0.29) is 24.6 Å². The summed E-state index contributed by atoms with van der Waals surface area (Å²) in [6.07, 6.45) is 1.38. The number of hydrogen-bond donors (Lipinski definition) is 3. The smallest absolute Gasteiger partial charge is 0.232 e. The van der Waals surface area contributed by atoms with Gasteiger partial charge in [0, 0.05) is 31.5 Å². The maximum atomic E-state index is 12.8. The Hall–Kier alpha value is -2.91. The second kappa shape index (κ2) is 9.93. The molecule has 3 unspecified atom stereocenters. The number of rotatable bonds is 7. The number of aliphatic hydroxyl groups excluding tert-OH is 1. The lowest BCUT2D eigenvalue weighted by molar-refractivity contribution is -0.125. The lowest BCUT2D eigenvalue weighted by Gasteiger charge is -2.34. The molecule has 33 heavy (non-hydrogen) atoms. The molecule has 0 aromatic heterocycles. The van der Waals surface area contributed by atoms with Crippen molar-refractivity contribution >= 4 is 17.2 Å². The second-order valence-electron chi connectivity index (χ2n) is 8.57. The predicted molar refractivity (Wildman–Crippen MR) is 126 cm³/mol. The fraction of sp³-hybridized carbons (Fsp3) is 0.400. The highest BCUT2D eigenvalue weighted by Crippen LogP contribution is 2.38. The minimum absolute atomic E-state index is 0.0231. The summed E-state index contributed by atoms with van der Waals surface area (Å²) in [6.45, 7) is 4.36. The first-order valence-electron chi connectivity index (χ1n) is 11.5. The van der Waals surface area contributed by atoms with Crippen LogP contribution in [0.25, 0.3) is 5.57 Å². The van der Waals surface area contributed by atoms with Crippen LogP contribution in [0.2, 0.25) is 0 Å². The molecule has 2 saturated heterocycles. The van der Waals surface area contributed by atoms with E-state index in [1.165, 1.54) is 0 Å². The molecule has 2 aromatic rings. The van der Waals surface area contributed by atoms with Crippen molar-refractivity contribution in [2.75, 3.05) is 51.0 Å². The van der Waals surface area contributed by atoms with Gasteiger partial charge < -0.3 is 24.8 Å². The topological polar surface area (TPSA) is 86.3 Å². The number of amides is 1. The fourth-order valence-electron chi connectivity index (χ4n) is 4.65. The van der Waals surface area contributed by atoms with Crippen LogP contribution in [0.4, 0.5) is 5.69 Å². The normalized spacial score (nSPS) is 24.1. The van der Waals surface area contributed by atoms with Crippen LogP contribution in [0.5, 0.6) is 5.75 Å². The Labute approximate surface area is 193 Å². The zero-order valence-electron chi connectivity index (χ0n) is 18.5. The molecule has 3 aliphatic heterocycles. The van der Waals surface area contributed by atoms with Crippen LogP contribution in [0.1, 0.15) is 5.56 Å². The third-order valence-electron chi connectivity index (χ3n) is 6.34. The molecule has 0 radical (unpaired) electrons. The maximum Gasteiger partial charge on any atom is 0.232 e. The van der Waals surface area contributed by atoms with Gasteiger partial charge in [0.05, 0.1) is 25.8 Å². The van der Waals surface area contributed by atoms with E-state index < -0.39 is 6.10 Å². The predicted octanol–water partition coefficient (Wildman–Crippen LogP) is 1.24. The molecule has 2 aromatic carbocycles. The zero-order valence-corrected chi connectivity index (χ0v) is 18.5. The number of ether oxygens (including phenoxy) is 2. The Morgan fingerprint density at radius 3 is 2.61 bits per heavy atom. The molecule has 2 fully saturated rings. The molecular formula is C25H30N4O4. The first kappa shape index (κ1) is 21.9. The van der Waals surface area contributed by atoms with E-state index in [2.05, 4.69) is 26.6 Å². The summed E-state index contributed by atoms with van der Waals surface area (Å²) in [7, 11) is 0. The van der Waals surface area contributed by atoms with Crippen molar-refractivity contribution in [1.82, 2.24) is 15.5 Å². The van der Waals surface area contributed by atoms with E-state index in [0.717, 1.165) is 29.9 Å². The highest BCUT2D eigenvalue weighted by Gasteiger charge is 2.43. The van der Waals surface area contributed by atoms with E-state index >= 15 is 0 Å². The lowest BCUT2D eigenvalue weighted by Crippen LogP contribution is -2.58. The molecule has 3 atom stereocenters. The van der Waals surface area contributed by atoms with Crippen LogP contribution < -0.4 is 20.3 Å². The average molecular weight is 451 g/mol. The number of para-hydroxylation sites is 1. The van der Waals surface area contributed by atoms with E-state index in [1.54, 1.807) is 0 Å². The summed E-state index contributed by atoms with van der Waals surface area (Å²) in [4.78, 5) is 17.1. The van der Waals surface area contributed by atoms with Gasteiger partial charge in [0.2, 0.25) is 5.91 Å². The number of aliphatic hydroxyl groups is 1. The highest BCUT2D eigenvalue weighted by atomic mass is 16.5. The van der Waals surface area contributed by atoms with Crippen molar-refractivity contribution in [3.63, 3.8) is 0 Å². The summed E-state index contributed by atoms with van der Waals surface area (Å²) in [6, 6.07) is 17.8. The zero-order chi connectivity index (χ0) is 22.6. The van der Waals surface area contributed by atoms with Crippen molar-refractivity contribution in [3.8, 4) is 5.75 Å². The van der Waals surface area contributed by atoms with Crippen LogP contribution in [-0.4, -0.2) is 74.3 Å². The third-order valence-corrected chi connectivity index (χ3v) is 6.34. The lowest BCUT2D eigenvalue weighted by atomic mass is 9.91. The molecule has 0 aliphatic carbocycles. The Balaban J connectivity index is 1.27. The van der Waals surface area contributed by atoms with Crippen molar-refractivity contribution in [3.05, 3.63) is 66.4 Å². The largest absolute Gasteiger partial charge is 0.491 e. The van der Waals surface area contributed by atoms with Gasteiger partial charge >= 0.3 is 0 Å². The van der Waals surface area contributed by atoms with Gasteiger partial charge in [-0.05, 0) is 35.4 Å². The van der Waals surface area contributed by atoms with Crippen molar-refractivity contribution in [2.45, 2.75) is 12.3 Å². The van der Waals surface area contributed by atoms with Gasteiger partial charge in [0.1, 0.15) is 24.6 Å². The van der Waals surface area contributed by atoms with Gasteiger partial charge in [-0.25, -0.2) is 0 Å². The molecule has 0 spiro atoms. The number of β-amino-alcohol motifs (C(OH)–C–C–N with tert-alkyl or cyclic N) is 1. The SMILES string of the molecule is O=C1NCNC2C1C(c1ccc(OCC(O)CN3CCOCC3)cc1)=CN2c1ccccc1. The molecule has 1 amide bonds. The highest BCUT2D eigenvalue weighted by molar-refractivity contribution is 5.96. The quantitative estimate of drug-likeness (QED) is 0.585. The molecule has 3 heterocycles. The first-order chi connectivity index (χ1) is 16.2. The van der Waals surface area contributed by atoms with Crippen LogP contribution in [0.3, 0.4) is 0 Å². The standard InChI is InChI=1S/C25H30N4O4/c30-20(14-28-10-12-32-13-11-28)16-33-21-8-6-18(7-9-21)22-15-29(19-4-2-1-3-5-19)24-23(22)25(31)27-17-26-24/h1-9,15,20,23-24,26,30H,10-14,16-17H2,(H,27,31). The summed E-state index contributed by atoms with van der Waals surface area (Å²) in [5.74, 6) is 0.414. The molecule has 8 nitrogen and oxygen atoms in total. The molecule has 5 rings (SSSR count). The maximum absolute atomic E-state index is 12.8. The van der Waals surface area contributed by atoms with Crippen LogP contribution in [0, 0.1) is 5.92 Å². The molecular weight excluding hydrogens is 420 g/mol. The number of fused-ring (bicyclic) bond motifs is 1. The number of morpholine rings is 1. The van der Waals surface area contributed by atoms with Gasteiger partial charge in [-0.2, -0.15) is 0 Å². The number of carbonyl (C=O) groups excluding carboxylic acids is 1. The van der Waals surface area contributed by atoms with Crippen LogP contribution >= 0.6 is 0 Å². The summed E-state index contributed by atoms with van der Waals surface area (Å²) in [5.41, 5.74) is 2.98. The van der Waals surface area contributed by atoms with Gasteiger partial charge in [0.25, 0.3) is 0 Å². The third kappa shape index (κ3) is 4.89. The first-order valence-corrected chi connectivity index (χ1v) is 11.5. The average Bonchev–Trinajstić information content (AvgIpc) is 3.25. The van der Waals surface area contributed by atoms with Gasteiger partial charge in [-0.3, -0.25) is 15.0 Å². The number of anilines is 1. The Bertz CT molecular complexity index is 976. The number of nitrogens with one attached hydrogen (secondary N) is 2. The van der Waals surface area contributed by atoms with Crippen LogP contribution in [0.15, 0.2) is 60.8 Å². The van der Waals surface area contributed by atoms with Gasteiger partial charge in [-0.1, -0.05) is 30.3 Å². The Morgan fingerprint density at radius 1 is 1.09 bits per heavy atom. The minimum Gasteiger partial charge on any atom is -0.491 e. The number of hydrogen-bond acceptors (Lipinski definition) is 7.